The molecule has 1 fully saturated rings. The third kappa shape index (κ3) is 3.32. The average molecular weight is 363 g/mol. The molecule has 1 N–H and O–H groups in total. The summed E-state index contributed by atoms with van der Waals surface area (Å²) in [5.41, 5.74) is 2.23. The standard InChI is InChI=1S/C17H19BrN2O2/c1-22-16-11-20(10-15(16)21)17-8-7-13(18)14(19-17)9-12-5-3-2-4-6-12/h2-8,15-16,21H,9-11H2,1H3/t15-,16-/m1/s1. The van der Waals surface area contributed by atoms with Crippen LogP contribution in [0.2, 0.25) is 0 Å². The zero-order chi connectivity index (χ0) is 15.5. The number of hydrogen-bond donors (Lipinski definition) is 1. The van der Waals surface area contributed by atoms with Crippen molar-refractivity contribution < 1.29 is 9.84 Å². The average Bonchev–Trinajstić information content (AvgIpc) is 2.91. The number of aliphatic hydroxyl groups excluding tert-OH is 1. The molecule has 0 saturated carbocycles. The van der Waals surface area contributed by atoms with E-state index >= 15 is 0 Å². The molecule has 1 saturated heterocycles. The number of benzene rings is 1. The van der Waals surface area contributed by atoms with Crippen molar-refractivity contribution in [3.05, 3.63) is 58.2 Å². The molecule has 1 aromatic heterocycles. The Hall–Kier alpha value is -1.43. The minimum absolute atomic E-state index is 0.150. The first-order valence-electron chi connectivity index (χ1n) is 7.32. The Morgan fingerprint density at radius 1 is 1.23 bits per heavy atom. The lowest BCUT2D eigenvalue weighted by atomic mass is 10.1. The van der Waals surface area contributed by atoms with Crippen LogP contribution in [0.15, 0.2) is 46.9 Å². The van der Waals surface area contributed by atoms with Crippen LogP contribution in [0.5, 0.6) is 0 Å². The monoisotopic (exact) mass is 362 g/mol. The summed E-state index contributed by atoms with van der Waals surface area (Å²) in [7, 11) is 1.63. The number of pyridine rings is 1. The summed E-state index contributed by atoms with van der Waals surface area (Å²) in [6, 6.07) is 14.3. The molecule has 5 heteroatoms. The molecule has 2 aromatic rings. The molecule has 0 aliphatic carbocycles. The van der Waals surface area contributed by atoms with Gasteiger partial charge in [-0.25, -0.2) is 4.98 Å². The zero-order valence-corrected chi connectivity index (χ0v) is 14.0. The Labute approximate surface area is 138 Å². The molecule has 0 unspecified atom stereocenters. The second-order valence-corrected chi connectivity index (χ2v) is 6.36. The van der Waals surface area contributed by atoms with Gasteiger partial charge in [0.1, 0.15) is 11.9 Å². The molecule has 1 aliphatic rings. The zero-order valence-electron chi connectivity index (χ0n) is 12.4. The summed E-state index contributed by atoms with van der Waals surface area (Å²) < 4.78 is 6.30. The first-order chi connectivity index (χ1) is 10.7. The smallest absolute Gasteiger partial charge is 0.129 e. The molecule has 0 bridgehead atoms. The van der Waals surface area contributed by atoms with E-state index in [1.165, 1.54) is 5.56 Å². The quantitative estimate of drug-likeness (QED) is 0.907. The number of nitrogens with zero attached hydrogens (tertiary/aromatic N) is 2. The van der Waals surface area contributed by atoms with E-state index in [9.17, 15) is 5.11 Å². The molecular formula is C17H19BrN2O2. The van der Waals surface area contributed by atoms with Crippen molar-refractivity contribution in [2.45, 2.75) is 18.6 Å². The van der Waals surface area contributed by atoms with Gasteiger partial charge in [0, 0.05) is 31.1 Å². The summed E-state index contributed by atoms with van der Waals surface area (Å²) in [4.78, 5) is 6.83. The highest BCUT2D eigenvalue weighted by atomic mass is 79.9. The maximum absolute atomic E-state index is 9.98. The van der Waals surface area contributed by atoms with E-state index in [-0.39, 0.29) is 6.10 Å². The number of hydrogen-bond acceptors (Lipinski definition) is 4. The van der Waals surface area contributed by atoms with Gasteiger partial charge in [-0.1, -0.05) is 30.3 Å². The third-order valence-electron chi connectivity index (χ3n) is 3.98. The summed E-state index contributed by atoms with van der Waals surface area (Å²) >= 11 is 3.58. The molecule has 1 aliphatic heterocycles. The number of anilines is 1. The fourth-order valence-corrected chi connectivity index (χ4v) is 3.10. The van der Waals surface area contributed by atoms with Crippen molar-refractivity contribution in [1.82, 2.24) is 4.98 Å². The van der Waals surface area contributed by atoms with Crippen LogP contribution in [-0.2, 0) is 11.2 Å². The van der Waals surface area contributed by atoms with Gasteiger partial charge in [-0.2, -0.15) is 0 Å². The maximum atomic E-state index is 9.98. The second kappa shape index (κ2) is 6.77. The van der Waals surface area contributed by atoms with Crippen molar-refractivity contribution in [2.24, 2.45) is 0 Å². The van der Waals surface area contributed by atoms with Crippen LogP contribution in [0, 0.1) is 0 Å². The number of rotatable bonds is 4. The van der Waals surface area contributed by atoms with Crippen molar-refractivity contribution in [1.29, 1.82) is 0 Å². The van der Waals surface area contributed by atoms with Crippen molar-refractivity contribution in [2.75, 3.05) is 25.1 Å². The van der Waals surface area contributed by atoms with E-state index in [0.717, 1.165) is 22.4 Å². The number of aliphatic hydroxyl groups is 1. The first-order valence-corrected chi connectivity index (χ1v) is 8.12. The molecule has 2 heterocycles. The summed E-state index contributed by atoms with van der Waals surface area (Å²) in [6.07, 6.45) is 0.162. The SMILES string of the molecule is CO[C@@H]1CN(c2ccc(Br)c(Cc3ccccc3)n2)C[C@H]1O. The predicted octanol–water partition coefficient (Wildman–Crippen LogP) is 2.63. The van der Waals surface area contributed by atoms with E-state index in [2.05, 4.69) is 33.0 Å². The Balaban J connectivity index is 1.81. The minimum Gasteiger partial charge on any atom is -0.388 e. The second-order valence-electron chi connectivity index (χ2n) is 5.51. The van der Waals surface area contributed by atoms with E-state index in [0.29, 0.717) is 13.1 Å². The van der Waals surface area contributed by atoms with Crippen LogP contribution in [0.25, 0.3) is 0 Å². The molecule has 0 spiro atoms. The van der Waals surface area contributed by atoms with Gasteiger partial charge in [0.15, 0.2) is 0 Å². The summed E-state index contributed by atoms with van der Waals surface area (Å²) in [5, 5.41) is 9.98. The number of β-amino-alcohol motifs (C(OH)–C–C–N with tert-alkyl or cyclic N) is 1. The topological polar surface area (TPSA) is 45.6 Å². The lowest BCUT2D eigenvalue weighted by molar-refractivity contribution is 0.0217. The van der Waals surface area contributed by atoms with Gasteiger partial charge in [0.2, 0.25) is 0 Å². The van der Waals surface area contributed by atoms with Crippen LogP contribution in [0.3, 0.4) is 0 Å². The Bertz CT molecular complexity index is 636. The molecule has 22 heavy (non-hydrogen) atoms. The predicted molar refractivity (Wildman–Crippen MR) is 90.2 cm³/mol. The highest BCUT2D eigenvalue weighted by Gasteiger charge is 2.32. The molecular weight excluding hydrogens is 344 g/mol. The Morgan fingerprint density at radius 3 is 2.68 bits per heavy atom. The highest BCUT2D eigenvalue weighted by Crippen LogP contribution is 2.25. The van der Waals surface area contributed by atoms with Gasteiger partial charge in [0.05, 0.1) is 11.8 Å². The van der Waals surface area contributed by atoms with Gasteiger partial charge in [-0.3, -0.25) is 0 Å². The maximum Gasteiger partial charge on any atom is 0.129 e. The molecule has 1 aromatic carbocycles. The Morgan fingerprint density at radius 2 is 2.00 bits per heavy atom. The normalized spacial score (nSPS) is 21.3. The van der Waals surface area contributed by atoms with Crippen molar-refractivity contribution >= 4 is 21.7 Å². The fraction of sp³-hybridized carbons (Fsp3) is 0.353. The van der Waals surface area contributed by atoms with Gasteiger partial charge in [-0.05, 0) is 33.6 Å². The number of ether oxygens (including phenoxy) is 1. The number of methoxy groups -OCH3 is 1. The van der Waals surface area contributed by atoms with Gasteiger partial charge in [0.25, 0.3) is 0 Å². The highest BCUT2D eigenvalue weighted by molar-refractivity contribution is 9.10. The third-order valence-corrected chi connectivity index (χ3v) is 4.70. The molecule has 0 amide bonds. The van der Waals surface area contributed by atoms with Crippen molar-refractivity contribution in [3.63, 3.8) is 0 Å². The lowest BCUT2D eigenvalue weighted by Gasteiger charge is -2.18. The largest absolute Gasteiger partial charge is 0.388 e. The van der Waals surface area contributed by atoms with Gasteiger partial charge < -0.3 is 14.7 Å². The molecule has 0 radical (unpaired) electrons. The molecule has 3 rings (SSSR count). The Kier molecular flexibility index (Phi) is 4.76. The first kappa shape index (κ1) is 15.5. The van der Waals surface area contributed by atoms with Crippen LogP contribution in [-0.4, -0.2) is 42.5 Å². The molecule has 4 nitrogen and oxygen atoms in total. The van der Waals surface area contributed by atoms with E-state index in [1.54, 1.807) is 7.11 Å². The number of aromatic nitrogens is 1. The number of halogens is 1. The van der Waals surface area contributed by atoms with Crippen LogP contribution < -0.4 is 4.90 Å². The van der Waals surface area contributed by atoms with Crippen LogP contribution in [0.4, 0.5) is 5.82 Å². The minimum atomic E-state index is -0.465. The van der Waals surface area contributed by atoms with Crippen LogP contribution >= 0.6 is 15.9 Å². The lowest BCUT2D eigenvalue weighted by Crippen LogP contribution is -2.25. The molecule has 2 atom stereocenters. The summed E-state index contributed by atoms with van der Waals surface area (Å²) in [6.45, 7) is 1.22. The van der Waals surface area contributed by atoms with Crippen molar-refractivity contribution in [3.8, 4) is 0 Å². The van der Waals surface area contributed by atoms with E-state index in [4.69, 9.17) is 9.72 Å². The molecule has 116 valence electrons. The van der Waals surface area contributed by atoms with E-state index in [1.807, 2.05) is 30.3 Å². The summed E-state index contributed by atoms with van der Waals surface area (Å²) in [5.74, 6) is 0.882. The van der Waals surface area contributed by atoms with Gasteiger partial charge in [-0.15, -0.1) is 0 Å². The van der Waals surface area contributed by atoms with Gasteiger partial charge >= 0.3 is 0 Å². The van der Waals surface area contributed by atoms with E-state index < -0.39 is 6.10 Å². The fourth-order valence-electron chi connectivity index (χ4n) is 2.74. The van der Waals surface area contributed by atoms with Crippen LogP contribution in [0.1, 0.15) is 11.3 Å².